The first-order valence-corrected chi connectivity index (χ1v) is 12.0. The molecule has 1 aliphatic rings. The molecule has 0 fully saturated rings. The minimum absolute atomic E-state index is 0.0441. The molecular formula is C21H20Cl2FN3O4S. The van der Waals surface area contributed by atoms with Gasteiger partial charge in [0, 0.05) is 16.7 Å². The van der Waals surface area contributed by atoms with Crippen LogP contribution in [0.4, 0.5) is 10.2 Å². The number of aromatic nitrogens is 2. The molecule has 32 heavy (non-hydrogen) atoms. The molecule has 7 nitrogen and oxygen atoms in total. The zero-order chi connectivity index (χ0) is 23.3. The quantitative estimate of drug-likeness (QED) is 0.532. The fourth-order valence-electron chi connectivity index (χ4n) is 3.33. The highest BCUT2D eigenvalue weighted by molar-refractivity contribution is 7.90. The normalized spacial score (nSPS) is 14.2. The van der Waals surface area contributed by atoms with E-state index in [4.69, 9.17) is 32.7 Å². The van der Waals surface area contributed by atoms with Crippen molar-refractivity contribution in [3.8, 4) is 5.75 Å². The van der Waals surface area contributed by atoms with Gasteiger partial charge >= 0.3 is 0 Å². The molecule has 0 spiro atoms. The van der Waals surface area contributed by atoms with Gasteiger partial charge in [-0.25, -0.2) is 22.8 Å². The molecular weight excluding hydrogens is 480 g/mol. The number of hydrogen-bond acceptors (Lipinski definition) is 7. The van der Waals surface area contributed by atoms with Gasteiger partial charge in [0.1, 0.15) is 11.6 Å². The van der Waals surface area contributed by atoms with Gasteiger partial charge in [-0.1, -0.05) is 23.2 Å². The highest BCUT2D eigenvalue weighted by Gasteiger charge is 2.29. The second-order valence-electron chi connectivity index (χ2n) is 8.43. The van der Waals surface area contributed by atoms with Crippen LogP contribution in [0.25, 0.3) is 11.0 Å². The molecule has 0 amide bonds. The van der Waals surface area contributed by atoms with Crippen LogP contribution in [-0.2, 0) is 26.9 Å². The van der Waals surface area contributed by atoms with Crippen LogP contribution < -0.4 is 10.1 Å². The number of benzene rings is 2. The number of sulfone groups is 1. The number of rotatable bonds is 4. The van der Waals surface area contributed by atoms with Gasteiger partial charge in [-0.05, 0) is 45.0 Å². The molecule has 0 saturated carbocycles. The Balaban J connectivity index is 1.86. The second kappa shape index (κ2) is 8.30. The van der Waals surface area contributed by atoms with Crippen molar-refractivity contribution in [3.05, 3.63) is 51.3 Å². The van der Waals surface area contributed by atoms with E-state index in [9.17, 15) is 12.8 Å². The van der Waals surface area contributed by atoms with E-state index in [0.717, 1.165) is 6.07 Å². The molecule has 3 aromatic rings. The second-order valence-corrected chi connectivity index (χ2v) is 11.1. The van der Waals surface area contributed by atoms with Gasteiger partial charge in [-0.15, -0.1) is 0 Å². The molecule has 0 aliphatic carbocycles. The molecule has 0 bridgehead atoms. The lowest BCUT2D eigenvalue weighted by Gasteiger charge is -2.24. The Morgan fingerprint density at radius 3 is 2.41 bits per heavy atom. The predicted octanol–water partition coefficient (Wildman–Crippen LogP) is 5.13. The lowest BCUT2D eigenvalue weighted by molar-refractivity contribution is -0.0171. The monoisotopic (exact) mass is 499 g/mol. The van der Waals surface area contributed by atoms with Crippen molar-refractivity contribution < 1.29 is 22.3 Å². The van der Waals surface area contributed by atoms with Crippen LogP contribution in [0.2, 0.25) is 10.0 Å². The highest BCUT2D eigenvalue weighted by Crippen LogP contribution is 2.34. The number of nitrogens with zero attached hydrogens (tertiary/aromatic N) is 2. The van der Waals surface area contributed by atoms with E-state index in [0.29, 0.717) is 16.8 Å². The summed E-state index contributed by atoms with van der Waals surface area (Å²) >= 11 is 12.2. The Morgan fingerprint density at radius 1 is 1.09 bits per heavy atom. The maximum Gasteiger partial charge on any atom is 0.203 e. The van der Waals surface area contributed by atoms with Gasteiger partial charge in [0.25, 0.3) is 0 Å². The topological polar surface area (TPSA) is 90.4 Å². The number of ether oxygens (including phenoxy) is 2. The Kier molecular flexibility index (Phi) is 5.96. The summed E-state index contributed by atoms with van der Waals surface area (Å²) in [6.07, 6.45) is 0. The number of nitrogens with one attached hydrogen (secondary N) is 1. The van der Waals surface area contributed by atoms with E-state index >= 15 is 0 Å². The third-order valence-electron chi connectivity index (χ3n) is 4.56. The van der Waals surface area contributed by atoms with Gasteiger partial charge in [0.2, 0.25) is 9.84 Å². The zero-order valence-electron chi connectivity index (χ0n) is 17.5. The minimum atomic E-state index is -4.08. The third kappa shape index (κ3) is 4.76. The molecule has 4 rings (SSSR count). The average Bonchev–Trinajstić information content (AvgIpc) is 2.67. The molecule has 1 N–H and O–H groups in total. The molecule has 0 unspecified atom stereocenters. The summed E-state index contributed by atoms with van der Waals surface area (Å²) in [5, 5.41) is 3.31. The first-order chi connectivity index (χ1) is 14.9. The van der Waals surface area contributed by atoms with E-state index in [1.807, 2.05) is 20.8 Å². The molecule has 0 radical (unpaired) electrons. The molecule has 1 aromatic heterocycles. The standard InChI is InChI=1S/C21H20Cl2FN3O4S/c1-21(2,3)27-19-20(26-17-7-15(23)14(22)6-16(17)25-19)32(28,29)9-12-5-13(24)4-11-8-30-10-31-18(11)12/h4-7H,8-10H2,1-3H3,(H,25,27). The van der Waals surface area contributed by atoms with Gasteiger partial charge in [-0.3, -0.25) is 0 Å². The fraction of sp³-hybridized carbons (Fsp3) is 0.333. The smallest absolute Gasteiger partial charge is 0.203 e. The molecule has 11 heteroatoms. The summed E-state index contributed by atoms with van der Waals surface area (Å²) in [4.78, 5) is 8.80. The lowest BCUT2D eigenvalue weighted by Crippen LogP contribution is -2.28. The van der Waals surface area contributed by atoms with E-state index < -0.39 is 26.9 Å². The van der Waals surface area contributed by atoms with Crippen molar-refractivity contribution in [1.29, 1.82) is 0 Å². The average molecular weight is 500 g/mol. The summed E-state index contributed by atoms with van der Waals surface area (Å²) in [6, 6.07) is 5.38. The van der Waals surface area contributed by atoms with Crippen LogP contribution in [0.3, 0.4) is 0 Å². The van der Waals surface area contributed by atoms with Crippen molar-refractivity contribution >= 4 is 49.9 Å². The summed E-state index contributed by atoms with van der Waals surface area (Å²) < 4.78 is 51.8. The summed E-state index contributed by atoms with van der Waals surface area (Å²) in [7, 11) is -4.08. The first kappa shape index (κ1) is 23.0. The van der Waals surface area contributed by atoms with E-state index in [-0.39, 0.29) is 45.4 Å². The molecule has 0 saturated heterocycles. The number of fused-ring (bicyclic) bond motifs is 2. The van der Waals surface area contributed by atoms with Crippen LogP contribution >= 0.6 is 23.2 Å². The van der Waals surface area contributed by atoms with Gasteiger partial charge in [0.05, 0.1) is 33.4 Å². The first-order valence-electron chi connectivity index (χ1n) is 9.62. The Hall–Kier alpha value is -2.20. The van der Waals surface area contributed by atoms with Gasteiger partial charge in [0.15, 0.2) is 17.6 Å². The largest absolute Gasteiger partial charge is 0.467 e. The Labute approximate surface area is 194 Å². The molecule has 2 aromatic carbocycles. The van der Waals surface area contributed by atoms with Crippen molar-refractivity contribution in [2.45, 2.75) is 43.7 Å². The van der Waals surface area contributed by atoms with Gasteiger partial charge in [-0.2, -0.15) is 0 Å². The van der Waals surface area contributed by atoms with Crippen molar-refractivity contribution in [1.82, 2.24) is 9.97 Å². The summed E-state index contributed by atoms with van der Waals surface area (Å²) in [5.41, 5.74) is 0.764. The van der Waals surface area contributed by atoms with E-state index in [1.54, 1.807) is 0 Å². The van der Waals surface area contributed by atoms with Crippen LogP contribution in [0.1, 0.15) is 31.9 Å². The van der Waals surface area contributed by atoms with Crippen LogP contribution in [0.5, 0.6) is 5.75 Å². The van der Waals surface area contributed by atoms with Crippen molar-refractivity contribution in [3.63, 3.8) is 0 Å². The summed E-state index contributed by atoms with van der Waals surface area (Å²) in [6.45, 7) is 5.67. The van der Waals surface area contributed by atoms with E-state index in [1.165, 1.54) is 18.2 Å². The molecule has 170 valence electrons. The minimum Gasteiger partial charge on any atom is -0.467 e. The lowest BCUT2D eigenvalue weighted by atomic mass is 10.1. The zero-order valence-corrected chi connectivity index (χ0v) is 19.8. The van der Waals surface area contributed by atoms with E-state index in [2.05, 4.69) is 15.3 Å². The number of hydrogen-bond donors (Lipinski definition) is 1. The predicted molar refractivity (Wildman–Crippen MR) is 121 cm³/mol. The SMILES string of the molecule is CC(C)(C)Nc1nc2cc(Cl)c(Cl)cc2nc1S(=O)(=O)Cc1cc(F)cc2c1OCOC2. The summed E-state index contributed by atoms with van der Waals surface area (Å²) in [5.74, 6) is -0.747. The Morgan fingerprint density at radius 2 is 1.75 bits per heavy atom. The molecule has 1 aliphatic heterocycles. The van der Waals surface area contributed by atoms with Crippen molar-refractivity contribution in [2.75, 3.05) is 12.1 Å². The number of halogens is 3. The van der Waals surface area contributed by atoms with Crippen LogP contribution in [-0.4, -0.2) is 30.7 Å². The molecule has 2 heterocycles. The third-order valence-corrected chi connectivity index (χ3v) is 6.85. The molecule has 0 atom stereocenters. The van der Waals surface area contributed by atoms with Crippen LogP contribution in [0, 0.1) is 5.82 Å². The maximum absolute atomic E-state index is 14.2. The van der Waals surface area contributed by atoms with Crippen LogP contribution in [0.15, 0.2) is 29.3 Å². The van der Waals surface area contributed by atoms with Gasteiger partial charge < -0.3 is 14.8 Å². The fourth-order valence-corrected chi connectivity index (χ4v) is 5.03. The maximum atomic E-state index is 14.2. The van der Waals surface area contributed by atoms with Crippen molar-refractivity contribution in [2.24, 2.45) is 0 Å². The highest BCUT2D eigenvalue weighted by atomic mass is 35.5. The number of anilines is 1. The Bertz CT molecular complexity index is 1330.